The van der Waals surface area contributed by atoms with Gasteiger partial charge in [0.05, 0.1) is 28.5 Å². The van der Waals surface area contributed by atoms with Crippen LogP contribution in [-0.2, 0) is 11.0 Å². The first kappa shape index (κ1) is 29.7. The summed E-state index contributed by atoms with van der Waals surface area (Å²) in [6.07, 6.45) is -3.55. The normalized spacial score (nSPS) is 23.4. The predicted octanol–water partition coefficient (Wildman–Crippen LogP) is 3.70. The molecule has 1 amide bonds. The molecule has 1 aromatic heterocycles. The molecule has 3 aliphatic rings. The molecule has 3 aliphatic heterocycles. The number of nitrogens with zero attached hydrogens (tertiary/aromatic N) is 4. The van der Waals surface area contributed by atoms with Crippen molar-refractivity contribution in [1.82, 2.24) is 25.1 Å². The van der Waals surface area contributed by atoms with Crippen LogP contribution in [0.5, 0.6) is 0 Å². The first-order chi connectivity index (χ1) is 14.9. The molecule has 2 N–H and O–H groups in total. The molecule has 5 rings (SSSR count). The van der Waals surface area contributed by atoms with Crippen molar-refractivity contribution in [3.05, 3.63) is 23.8 Å². The highest BCUT2D eigenvalue weighted by Gasteiger charge is 2.37. The average molecular weight is 697 g/mol. The van der Waals surface area contributed by atoms with Crippen LogP contribution in [0.3, 0.4) is 0 Å². The lowest BCUT2D eigenvalue weighted by atomic mass is 10.1. The lowest BCUT2D eigenvalue weighted by Gasteiger charge is -2.37. The van der Waals surface area contributed by atoms with E-state index in [0.717, 1.165) is 69.5 Å². The van der Waals surface area contributed by atoms with Crippen molar-refractivity contribution < 1.29 is 18.0 Å². The fraction of sp³-hybridized carbons (Fsp3) is 0.600. The van der Waals surface area contributed by atoms with Gasteiger partial charge in [0.1, 0.15) is 0 Å². The molecular formula is C20H28Br3F3N6OS. The van der Waals surface area contributed by atoms with Crippen LogP contribution < -0.4 is 10.2 Å². The topological polar surface area (TPSA) is 67.5 Å². The van der Waals surface area contributed by atoms with Crippen LogP contribution in [0.15, 0.2) is 18.2 Å². The summed E-state index contributed by atoms with van der Waals surface area (Å²) in [5, 5.41) is 3.39. The highest BCUT2D eigenvalue weighted by Crippen LogP contribution is 2.31. The summed E-state index contributed by atoms with van der Waals surface area (Å²) in [7, 11) is 0. The van der Waals surface area contributed by atoms with Crippen LogP contribution in [0.1, 0.15) is 12.0 Å². The molecule has 2 aromatic rings. The maximum absolute atomic E-state index is 12.9. The second kappa shape index (κ2) is 12.1. The number of amides is 1. The Morgan fingerprint density at radius 3 is 2.47 bits per heavy atom. The van der Waals surface area contributed by atoms with Gasteiger partial charge in [-0.05, 0) is 24.6 Å². The van der Waals surface area contributed by atoms with E-state index in [-0.39, 0.29) is 62.9 Å². The molecule has 4 heterocycles. The van der Waals surface area contributed by atoms with Gasteiger partial charge in [-0.15, -0.1) is 62.7 Å². The van der Waals surface area contributed by atoms with Crippen molar-refractivity contribution in [2.24, 2.45) is 0 Å². The minimum atomic E-state index is -4.37. The van der Waals surface area contributed by atoms with Crippen molar-refractivity contribution in [3.63, 3.8) is 0 Å². The SMILES string of the molecule is Br.Br.Br.O=C(C1CC(N2CCN(c3nc4cc(C(F)(F)F)ccc4[nH]3)CC2)CN1)N1CCSC1. The molecule has 0 saturated carbocycles. The molecule has 2 unspecified atom stereocenters. The van der Waals surface area contributed by atoms with E-state index in [0.29, 0.717) is 23.0 Å². The first-order valence-corrected chi connectivity index (χ1v) is 11.7. The number of H-pyrrole nitrogens is 1. The minimum Gasteiger partial charge on any atom is -0.340 e. The molecule has 3 saturated heterocycles. The molecule has 0 bridgehead atoms. The van der Waals surface area contributed by atoms with E-state index in [1.54, 1.807) is 11.8 Å². The standard InChI is InChI=1S/C20H25F3N6OS.3BrH/c21-20(22,23)13-1-2-15-16(9-13)26-19(25-15)28-5-3-27(4-6-28)14-10-17(24-11-14)18(30)29-7-8-31-12-29;;;/h1-2,9,14,17,24H,3-8,10-12H2,(H,25,26);3*1H. The van der Waals surface area contributed by atoms with Gasteiger partial charge in [0, 0.05) is 51.1 Å². The number of carbonyl (C=O) groups is 1. The number of hydrogen-bond acceptors (Lipinski definition) is 6. The minimum absolute atomic E-state index is 0. The number of carbonyl (C=O) groups excluding carboxylic acids is 1. The van der Waals surface area contributed by atoms with Crippen molar-refractivity contribution in [2.75, 3.05) is 55.8 Å². The number of imidazole rings is 1. The van der Waals surface area contributed by atoms with Crippen molar-refractivity contribution in [1.29, 1.82) is 0 Å². The van der Waals surface area contributed by atoms with E-state index >= 15 is 0 Å². The third-order valence-electron chi connectivity index (χ3n) is 6.40. The lowest BCUT2D eigenvalue weighted by molar-refractivity contribution is -0.137. The molecule has 3 fully saturated rings. The highest BCUT2D eigenvalue weighted by molar-refractivity contribution is 8.93. The van der Waals surface area contributed by atoms with Crippen LogP contribution >= 0.6 is 62.7 Å². The zero-order valence-corrected chi connectivity index (χ0v) is 24.2. The Labute approximate surface area is 231 Å². The van der Waals surface area contributed by atoms with Gasteiger partial charge < -0.3 is 20.1 Å². The van der Waals surface area contributed by atoms with E-state index in [1.165, 1.54) is 6.07 Å². The average Bonchev–Trinajstić information content (AvgIpc) is 3.52. The summed E-state index contributed by atoms with van der Waals surface area (Å²) in [5.41, 5.74) is 0.244. The van der Waals surface area contributed by atoms with Gasteiger partial charge >= 0.3 is 6.18 Å². The Morgan fingerprint density at radius 2 is 1.82 bits per heavy atom. The lowest BCUT2D eigenvalue weighted by Crippen LogP contribution is -2.51. The van der Waals surface area contributed by atoms with Gasteiger partial charge in [0.25, 0.3) is 0 Å². The van der Waals surface area contributed by atoms with E-state index in [1.807, 2.05) is 4.90 Å². The van der Waals surface area contributed by atoms with Crippen LogP contribution in [0.25, 0.3) is 11.0 Å². The molecule has 2 atom stereocenters. The van der Waals surface area contributed by atoms with E-state index in [2.05, 4.69) is 25.1 Å². The molecule has 14 heteroatoms. The Hall–Kier alpha value is -0.540. The number of benzene rings is 1. The number of rotatable bonds is 3. The number of thioether (sulfide) groups is 1. The molecular weight excluding hydrogens is 669 g/mol. The van der Waals surface area contributed by atoms with Crippen molar-refractivity contribution >= 4 is 85.6 Å². The monoisotopic (exact) mass is 694 g/mol. The number of hydrogen-bond donors (Lipinski definition) is 2. The quantitative estimate of drug-likeness (QED) is 0.511. The molecule has 34 heavy (non-hydrogen) atoms. The zero-order valence-electron chi connectivity index (χ0n) is 18.2. The van der Waals surface area contributed by atoms with Gasteiger partial charge in [-0.1, -0.05) is 0 Å². The Kier molecular flexibility index (Phi) is 10.6. The number of piperazine rings is 1. The van der Waals surface area contributed by atoms with Crippen molar-refractivity contribution in [2.45, 2.75) is 24.7 Å². The number of halogens is 6. The zero-order chi connectivity index (χ0) is 21.6. The van der Waals surface area contributed by atoms with Gasteiger partial charge in [0.2, 0.25) is 11.9 Å². The summed E-state index contributed by atoms with van der Waals surface area (Å²) in [5.74, 6) is 2.63. The van der Waals surface area contributed by atoms with Gasteiger partial charge in [-0.25, -0.2) is 4.98 Å². The summed E-state index contributed by atoms with van der Waals surface area (Å²) >= 11 is 1.80. The fourth-order valence-electron chi connectivity index (χ4n) is 4.61. The van der Waals surface area contributed by atoms with Crippen LogP contribution in [0.2, 0.25) is 0 Å². The third kappa shape index (κ3) is 6.23. The van der Waals surface area contributed by atoms with Gasteiger partial charge in [-0.3, -0.25) is 9.69 Å². The molecule has 0 aliphatic carbocycles. The Morgan fingerprint density at radius 1 is 1.09 bits per heavy atom. The highest BCUT2D eigenvalue weighted by atomic mass is 79.9. The summed E-state index contributed by atoms with van der Waals surface area (Å²) in [6.45, 7) is 4.79. The smallest absolute Gasteiger partial charge is 0.340 e. The largest absolute Gasteiger partial charge is 0.416 e. The van der Waals surface area contributed by atoms with Crippen LogP contribution in [-0.4, -0.2) is 88.7 Å². The third-order valence-corrected chi connectivity index (χ3v) is 7.36. The number of alkyl halides is 3. The summed E-state index contributed by atoms with van der Waals surface area (Å²) in [6, 6.07) is 3.83. The second-order valence-corrected chi connectivity index (χ2v) is 9.38. The number of anilines is 1. The number of aromatic amines is 1. The molecule has 0 radical (unpaired) electrons. The summed E-state index contributed by atoms with van der Waals surface area (Å²) < 4.78 is 38.8. The number of aromatic nitrogens is 2. The van der Waals surface area contributed by atoms with Crippen LogP contribution in [0.4, 0.5) is 19.1 Å². The maximum atomic E-state index is 12.9. The molecule has 192 valence electrons. The van der Waals surface area contributed by atoms with Crippen LogP contribution in [0, 0.1) is 0 Å². The fourth-order valence-corrected chi connectivity index (χ4v) is 5.56. The van der Waals surface area contributed by atoms with Gasteiger partial charge in [-0.2, -0.15) is 13.2 Å². The molecule has 7 nitrogen and oxygen atoms in total. The number of nitrogens with one attached hydrogen (secondary N) is 2. The van der Waals surface area contributed by atoms with Crippen molar-refractivity contribution in [3.8, 4) is 0 Å². The summed E-state index contributed by atoms with van der Waals surface area (Å²) in [4.78, 5) is 26.6. The van der Waals surface area contributed by atoms with E-state index in [9.17, 15) is 18.0 Å². The van der Waals surface area contributed by atoms with E-state index in [4.69, 9.17) is 0 Å². The van der Waals surface area contributed by atoms with Gasteiger partial charge in [0.15, 0.2) is 0 Å². The maximum Gasteiger partial charge on any atom is 0.416 e. The Balaban J connectivity index is 0.00000136. The Bertz CT molecular complexity index is 967. The van der Waals surface area contributed by atoms with E-state index < -0.39 is 11.7 Å². The second-order valence-electron chi connectivity index (χ2n) is 8.30. The molecule has 1 aromatic carbocycles. The first-order valence-electron chi connectivity index (χ1n) is 10.5. The predicted molar refractivity (Wildman–Crippen MR) is 145 cm³/mol. The number of fused-ring (bicyclic) bond motifs is 1. The molecule has 0 spiro atoms.